The van der Waals surface area contributed by atoms with E-state index in [9.17, 15) is 4.79 Å². The lowest BCUT2D eigenvalue weighted by molar-refractivity contribution is -0.107. The number of unbranched alkanes of at least 4 members (excludes halogenated alkanes) is 6. The number of allylic oxidation sites excluding steroid dienone is 2. The maximum absolute atomic E-state index is 9.99. The Morgan fingerprint density at radius 3 is 1.92 bits per heavy atom. The number of aldehydes is 1. The number of hydrogen-bond donors (Lipinski definition) is 0. The first-order chi connectivity index (χ1) is 6.41. The molecule has 0 saturated heterocycles. The summed E-state index contributed by atoms with van der Waals surface area (Å²) in [5.41, 5.74) is 0. The molecular formula is C12H22O. The second-order valence-corrected chi connectivity index (χ2v) is 3.42. The van der Waals surface area contributed by atoms with E-state index in [4.69, 9.17) is 0 Å². The summed E-state index contributed by atoms with van der Waals surface area (Å²) in [5, 5.41) is 0. The first kappa shape index (κ1) is 12.4. The van der Waals surface area contributed by atoms with Gasteiger partial charge in [-0.3, -0.25) is 0 Å². The average molecular weight is 182 g/mol. The predicted molar refractivity (Wildman–Crippen MR) is 57.8 cm³/mol. The van der Waals surface area contributed by atoms with Crippen molar-refractivity contribution in [2.24, 2.45) is 0 Å². The minimum absolute atomic E-state index is 0.726. The molecule has 1 heteroatoms. The zero-order valence-corrected chi connectivity index (χ0v) is 8.80. The summed E-state index contributed by atoms with van der Waals surface area (Å²) in [6, 6.07) is 0. The van der Waals surface area contributed by atoms with Crippen molar-refractivity contribution < 1.29 is 4.79 Å². The lowest BCUT2D eigenvalue weighted by atomic mass is 10.1. The van der Waals surface area contributed by atoms with E-state index in [0.29, 0.717) is 0 Å². The molecule has 0 aliphatic rings. The van der Waals surface area contributed by atoms with Gasteiger partial charge in [0.1, 0.15) is 6.29 Å². The summed E-state index contributed by atoms with van der Waals surface area (Å²) in [6.45, 7) is 2.23. The summed E-state index contributed by atoms with van der Waals surface area (Å²) in [5.74, 6) is 0. The average Bonchev–Trinajstić information content (AvgIpc) is 2.16. The quantitative estimate of drug-likeness (QED) is 0.300. The molecule has 13 heavy (non-hydrogen) atoms. The highest BCUT2D eigenvalue weighted by Crippen LogP contribution is 2.02. The van der Waals surface area contributed by atoms with Crippen LogP contribution in [0.2, 0.25) is 0 Å². The third-order valence-electron chi connectivity index (χ3n) is 2.08. The fourth-order valence-electron chi connectivity index (χ4n) is 1.24. The minimum Gasteiger partial charge on any atom is -0.303 e. The van der Waals surface area contributed by atoms with Crippen LogP contribution in [-0.4, -0.2) is 6.29 Å². The second kappa shape index (κ2) is 11.4. The van der Waals surface area contributed by atoms with Gasteiger partial charge in [-0.2, -0.15) is 0 Å². The number of carbonyl (C=O) groups is 1. The van der Waals surface area contributed by atoms with Gasteiger partial charge < -0.3 is 4.79 Å². The van der Waals surface area contributed by atoms with Gasteiger partial charge in [0, 0.05) is 6.42 Å². The van der Waals surface area contributed by atoms with Gasteiger partial charge >= 0.3 is 0 Å². The third-order valence-corrected chi connectivity index (χ3v) is 2.08. The molecule has 0 aromatic carbocycles. The second-order valence-electron chi connectivity index (χ2n) is 3.42. The molecule has 0 N–H and O–H groups in total. The van der Waals surface area contributed by atoms with Crippen LogP contribution in [0.25, 0.3) is 0 Å². The fourth-order valence-corrected chi connectivity index (χ4v) is 1.24. The Hall–Kier alpha value is -0.590. The van der Waals surface area contributed by atoms with Crippen LogP contribution in [0, 0.1) is 0 Å². The molecule has 0 heterocycles. The number of hydrogen-bond acceptors (Lipinski definition) is 1. The van der Waals surface area contributed by atoms with Crippen LogP contribution in [0.4, 0.5) is 0 Å². The van der Waals surface area contributed by atoms with Crippen LogP contribution in [0.1, 0.15) is 58.3 Å². The molecule has 0 aromatic rings. The maximum atomic E-state index is 9.99. The first-order valence-electron chi connectivity index (χ1n) is 5.50. The van der Waals surface area contributed by atoms with E-state index in [2.05, 4.69) is 19.1 Å². The van der Waals surface area contributed by atoms with Crippen LogP contribution in [0.15, 0.2) is 12.2 Å². The Morgan fingerprint density at radius 1 is 0.846 bits per heavy atom. The molecule has 0 bridgehead atoms. The van der Waals surface area contributed by atoms with Crippen molar-refractivity contribution in [3.8, 4) is 0 Å². The van der Waals surface area contributed by atoms with Crippen molar-refractivity contribution in [3.63, 3.8) is 0 Å². The molecule has 0 atom stereocenters. The smallest absolute Gasteiger partial charge is 0.119 e. The normalized spacial score (nSPS) is 10.8. The van der Waals surface area contributed by atoms with Gasteiger partial charge in [0.15, 0.2) is 0 Å². The van der Waals surface area contributed by atoms with Gasteiger partial charge in [-0.1, -0.05) is 31.9 Å². The van der Waals surface area contributed by atoms with Gasteiger partial charge in [0.05, 0.1) is 0 Å². The summed E-state index contributed by atoms with van der Waals surface area (Å²) in [4.78, 5) is 9.99. The topological polar surface area (TPSA) is 17.1 Å². The van der Waals surface area contributed by atoms with Gasteiger partial charge in [-0.25, -0.2) is 0 Å². The number of rotatable bonds is 9. The van der Waals surface area contributed by atoms with Crippen molar-refractivity contribution in [2.45, 2.75) is 58.3 Å². The standard InChI is InChI=1S/C12H22O/c1-2-3-4-5-6-7-8-9-10-11-12-13/h6-7,12H,2-5,8-11H2,1H3. The molecule has 0 unspecified atom stereocenters. The van der Waals surface area contributed by atoms with E-state index >= 15 is 0 Å². The van der Waals surface area contributed by atoms with Crippen LogP contribution in [0.5, 0.6) is 0 Å². The Morgan fingerprint density at radius 2 is 1.38 bits per heavy atom. The van der Waals surface area contributed by atoms with Crippen LogP contribution in [-0.2, 0) is 4.79 Å². The predicted octanol–water partition coefficient (Wildman–Crippen LogP) is 3.88. The van der Waals surface area contributed by atoms with E-state index < -0.39 is 0 Å². The van der Waals surface area contributed by atoms with Gasteiger partial charge in [-0.05, 0) is 32.1 Å². The monoisotopic (exact) mass is 182 g/mol. The van der Waals surface area contributed by atoms with E-state index in [1.807, 2.05) is 0 Å². The lowest BCUT2D eigenvalue weighted by Gasteiger charge is -1.93. The SMILES string of the molecule is CCCCCC=CCCCCC=O. The van der Waals surface area contributed by atoms with Crippen LogP contribution in [0.3, 0.4) is 0 Å². The van der Waals surface area contributed by atoms with E-state index in [0.717, 1.165) is 32.0 Å². The number of carbonyl (C=O) groups excluding carboxylic acids is 1. The Bertz CT molecular complexity index is 127. The lowest BCUT2D eigenvalue weighted by Crippen LogP contribution is -1.76. The summed E-state index contributed by atoms with van der Waals surface area (Å²) < 4.78 is 0. The van der Waals surface area contributed by atoms with E-state index in [-0.39, 0.29) is 0 Å². The Kier molecular flexibility index (Phi) is 10.9. The summed E-state index contributed by atoms with van der Waals surface area (Å²) >= 11 is 0. The highest BCUT2D eigenvalue weighted by Gasteiger charge is 1.84. The van der Waals surface area contributed by atoms with Crippen molar-refractivity contribution in [2.75, 3.05) is 0 Å². The van der Waals surface area contributed by atoms with Crippen molar-refractivity contribution in [1.29, 1.82) is 0 Å². The van der Waals surface area contributed by atoms with Crippen molar-refractivity contribution in [1.82, 2.24) is 0 Å². The van der Waals surface area contributed by atoms with Crippen molar-refractivity contribution >= 4 is 6.29 Å². The molecule has 1 nitrogen and oxygen atoms in total. The highest BCUT2D eigenvalue weighted by atomic mass is 16.1. The molecule has 0 fully saturated rings. The molecule has 76 valence electrons. The van der Waals surface area contributed by atoms with Gasteiger partial charge in [-0.15, -0.1) is 0 Å². The molecule has 0 saturated carbocycles. The molecular weight excluding hydrogens is 160 g/mol. The highest BCUT2D eigenvalue weighted by molar-refractivity contribution is 5.48. The Balaban J connectivity index is 2.98. The van der Waals surface area contributed by atoms with Crippen LogP contribution >= 0.6 is 0 Å². The molecule has 0 aliphatic carbocycles. The minimum atomic E-state index is 0.726. The van der Waals surface area contributed by atoms with Crippen molar-refractivity contribution in [3.05, 3.63) is 12.2 Å². The first-order valence-corrected chi connectivity index (χ1v) is 5.50. The third kappa shape index (κ3) is 11.4. The van der Waals surface area contributed by atoms with Gasteiger partial charge in [0.25, 0.3) is 0 Å². The largest absolute Gasteiger partial charge is 0.303 e. The van der Waals surface area contributed by atoms with Gasteiger partial charge in [0.2, 0.25) is 0 Å². The van der Waals surface area contributed by atoms with E-state index in [1.165, 1.54) is 25.7 Å². The fraction of sp³-hybridized carbons (Fsp3) is 0.750. The molecule has 0 aromatic heterocycles. The van der Waals surface area contributed by atoms with E-state index in [1.54, 1.807) is 0 Å². The maximum Gasteiger partial charge on any atom is 0.119 e. The molecule has 0 amide bonds. The molecule has 0 radical (unpaired) electrons. The molecule has 0 aliphatic heterocycles. The molecule has 0 rings (SSSR count). The zero-order valence-electron chi connectivity index (χ0n) is 8.80. The summed E-state index contributed by atoms with van der Waals surface area (Å²) in [6.07, 6.45) is 14.8. The summed E-state index contributed by atoms with van der Waals surface area (Å²) in [7, 11) is 0. The van der Waals surface area contributed by atoms with Crippen LogP contribution < -0.4 is 0 Å². The Labute approximate surface area is 82.2 Å². The molecule has 0 spiro atoms. The zero-order chi connectivity index (χ0) is 9.78.